The molecule has 7 heteroatoms. The lowest BCUT2D eigenvalue weighted by molar-refractivity contribution is -0.127. The van der Waals surface area contributed by atoms with Crippen LogP contribution in [0.25, 0.3) is 0 Å². The Balaban J connectivity index is 3.97. The normalized spacial score (nSPS) is 11.9. The fourth-order valence-electron chi connectivity index (χ4n) is 1.00. The number of nitrogens with two attached hydrogens (primary N) is 1. The van der Waals surface area contributed by atoms with Gasteiger partial charge < -0.3 is 10.0 Å². The molecular formula is C7H16N4O2S. The predicted octanol–water partition coefficient (Wildman–Crippen LogP) is -1.30. The van der Waals surface area contributed by atoms with Gasteiger partial charge in [-0.1, -0.05) is 12.8 Å². The molecule has 0 aliphatic carbocycles. The molecule has 0 heterocycles. The van der Waals surface area contributed by atoms with Gasteiger partial charge in [0.1, 0.15) is 6.04 Å². The molecule has 0 fully saturated rings. The number of hydrogen-bond donors (Lipinski definition) is 5. The van der Waals surface area contributed by atoms with Gasteiger partial charge in [-0.15, -0.1) is 0 Å². The zero-order valence-electron chi connectivity index (χ0n) is 8.04. The number of rotatable bonds is 6. The van der Waals surface area contributed by atoms with E-state index in [2.05, 4.69) is 28.3 Å². The molecule has 0 bridgehead atoms. The predicted molar refractivity (Wildman–Crippen MR) is 56.2 cm³/mol. The molecule has 82 valence electrons. The van der Waals surface area contributed by atoms with Crippen LogP contribution in [0.4, 0.5) is 0 Å². The number of amides is 2. The van der Waals surface area contributed by atoms with Gasteiger partial charge in [-0.3, -0.25) is 20.9 Å². The van der Waals surface area contributed by atoms with Crippen LogP contribution < -0.4 is 21.3 Å². The Kier molecular flexibility index (Phi) is 7.17. The number of thiol groups is 1. The standard InChI is InChI=1S/C7H16N4O2S/c1-5(12)10-6(7(13)11-14)3-2-4-9-8/h6,9,14H,2-4,8H2,1H3,(H,10,12)(H,11,13). The number of carbonyl (C=O) groups excluding carboxylic acids is 2. The van der Waals surface area contributed by atoms with E-state index >= 15 is 0 Å². The first-order chi connectivity index (χ1) is 6.61. The third-order valence-electron chi connectivity index (χ3n) is 1.62. The van der Waals surface area contributed by atoms with Gasteiger partial charge in [-0.2, -0.15) is 0 Å². The van der Waals surface area contributed by atoms with E-state index in [1.54, 1.807) is 0 Å². The van der Waals surface area contributed by atoms with Gasteiger partial charge >= 0.3 is 0 Å². The Hall–Kier alpha value is -0.790. The largest absolute Gasteiger partial charge is 0.345 e. The fraction of sp³-hybridized carbons (Fsp3) is 0.714. The van der Waals surface area contributed by atoms with Crippen molar-refractivity contribution in [2.75, 3.05) is 6.54 Å². The second kappa shape index (κ2) is 7.60. The third kappa shape index (κ3) is 5.79. The van der Waals surface area contributed by atoms with Crippen molar-refractivity contribution in [2.24, 2.45) is 5.84 Å². The zero-order valence-corrected chi connectivity index (χ0v) is 8.93. The van der Waals surface area contributed by atoms with Crippen LogP contribution >= 0.6 is 12.8 Å². The van der Waals surface area contributed by atoms with E-state index in [4.69, 9.17) is 5.84 Å². The van der Waals surface area contributed by atoms with Crippen LogP contribution in [0.15, 0.2) is 0 Å². The van der Waals surface area contributed by atoms with E-state index in [9.17, 15) is 9.59 Å². The van der Waals surface area contributed by atoms with E-state index in [1.165, 1.54) is 6.92 Å². The van der Waals surface area contributed by atoms with Crippen LogP contribution in [0.3, 0.4) is 0 Å². The molecule has 0 aliphatic rings. The molecule has 0 saturated carbocycles. The summed E-state index contributed by atoms with van der Waals surface area (Å²) in [5.74, 6) is 4.51. The summed E-state index contributed by atoms with van der Waals surface area (Å²) in [5.41, 5.74) is 2.47. The minimum absolute atomic E-state index is 0.243. The average Bonchev–Trinajstić information content (AvgIpc) is 2.15. The molecule has 0 rings (SSSR count). The van der Waals surface area contributed by atoms with Crippen molar-refractivity contribution in [2.45, 2.75) is 25.8 Å². The van der Waals surface area contributed by atoms with E-state index in [0.29, 0.717) is 19.4 Å². The Morgan fingerprint density at radius 2 is 2.14 bits per heavy atom. The molecule has 1 unspecified atom stereocenters. The monoisotopic (exact) mass is 220 g/mol. The van der Waals surface area contributed by atoms with Crippen LogP contribution in [-0.2, 0) is 9.59 Å². The summed E-state index contributed by atoms with van der Waals surface area (Å²) >= 11 is 3.63. The molecule has 0 radical (unpaired) electrons. The number of hydrazine groups is 1. The van der Waals surface area contributed by atoms with Crippen molar-refractivity contribution in [3.8, 4) is 0 Å². The van der Waals surface area contributed by atoms with Gasteiger partial charge in [-0.05, 0) is 12.8 Å². The zero-order chi connectivity index (χ0) is 11.0. The topological polar surface area (TPSA) is 96.2 Å². The molecule has 1 atom stereocenters. The molecule has 6 nitrogen and oxygen atoms in total. The highest BCUT2D eigenvalue weighted by atomic mass is 32.1. The Morgan fingerprint density at radius 3 is 2.57 bits per heavy atom. The van der Waals surface area contributed by atoms with Crippen molar-refractivity contribution in [1.82, 2.24) is 15.5 Å². The molecule has 5 N–H and O–H groups in total. The van der Waals surface area contributed by atoms with Crippen LogP contribution in [0.2, 0.25) is 0 Å². The summed E-state index contributed by atoms with van der Waals surface area (Å²) in [7, 11) is 0. The first-order valence-corrected chi connectivity index (χ1v) is 4.71. The maximum atomic E-state index is 11.2. The molecule has 14 heavy (non-hydrogen) atoms. The summed E-state index contributed by atoms with van der Waals surface area (Å²) in [5, 5.41) is 2.52. The highest BCUT2D eigenvalue weighted by molar-refractivity contribution is 7.78. The lowest BCUT2D eigenvalue weighted by atomic mass is 10.1. The molecule has 0 aliphatic heterocycles. The minimum Gasteiger partial charge on any atom is -0.345 e. The van der Waals surface area contributed by atoms with Crippen LogP contribution in [0.1, 0.15) is 19.8 Å². The average molecular weight is 220 g/mol. The van der Waals surface area contributed by atoms with Crippen LogP contribution in [0.5, 0.6) is 0 Å². The quantitative estimate of drug-likeness (QED) is 0.166. The van der Waals surface area contributed by atoms with Gasteiger partial charge in [0, 0.05) is 13.5 Å². The van der Waals surface area contributed by atoms with Crippen LogP contribution in [-0.4, -0.2) is 24.4 Å². The van der Waals surface area contributed by atoms with E-state index in [-0.39, 0.29) is 11.8 Å². The lowest BCUT2D eigenvalue weighted by Gasteiger charge is -2.15. The summed E-state index contributed by atoms with van der Waals surface area (Å²) < 4.78 is 2.19. The van der Waals surface area contributed by atoms with E-state index < -0.39 is 6.04 Å². The third-order valence-corrected chi connectivity index (χ3v) is 1.84. The number of hydrogen-bond acceptors (Lipinski definition) is 5. The van der Waals surface area contributed by atoms with Crippen molar-refractivity contribution in [1.29, 1.82) is 0 Å². The van der Waals surface area contributed by atoms with E-state index in [0.717, 1.165) is 0 Å². The first kappa shape index (κ1) is 13.2. The van der Waals surface area contributed by atoms with Gasteiger partial charge in [0.15, 0.2) is 0 Å². The Labute approximate surface area is 88.5 Å². The molecule has 0 spiro atoms. The Morgan fingerprint density at radius 1 is 1.50 bits per heavy atom. The van der Waals surface area contributed by atoms with Crippen molar-refractivity contribution < 1.29 is 9.59 Å². The summed E-state index contributed by atoms with van der Waals surface area (Å²) in [4.78, 5) is 21.9. The second-order valence-electron chi connectivity index (χ2n) is 2.83. The van der Waals surface area contributed by atoms with Crippen molar-refractivity contribution in [3.05, 3.63) is 0 Å². The highest BCUT2D eigenvalue weighted by Gasteiger charge is 2.17. The molecule has 0 saturated heterocycles. The van der Waals surface area contributed by atoms with Crippen LogP contribution in [0, 0.1) is 0 Å². The molecular weight excluding hydrogens is 204 g/mol. The van der Waals surface area contributed by atoms with Gasteiger partial charge in [0.25, 0.3) is 5.91 Å². The molecule has 0 aromatic heterocycles. The smallest absolute Gasteiger partial charge is 0.252 e. The maximum Gasteiger partial charge on any atom is 0.252 e. The summed E-state index contributed by atoms with van der Waals surface area (Å²) in [6.45, 7) is 1.95. The fourth-order valence-corrected chi connectivity index (χ4v) is 1.16. The van der Waals surface area contributed by atoms with E-state index in [1.807, 2.05) is 0 Å². The van der Waals surface area contributed by atoms with Gasteiger partial charge in [0.05, 0.1) is 0 Å². The number of nitrogens with one attached hydrogen (secondary N) is 3. The van der Waals surface area contributed by atoms with Gasteiger partial charge in [0.2, 0.25) is 5.91 Å². The van der Waals surface area contributed by atoms with Crippen molar-refractivity contribution >= 4 is 24.6 Å². The highest BCUT2D eigenvalue weighted by Crippen LogP contribution is 1.97. The van der Waals surface area contributed by atoms with Crippen molar-refractivity contribution in [3.63, 3.8) is 0 Å². The lowest BCUT2D eigenvalue weighted by Crippen LogP contribution is -2.44. The minimum atomic E-state index is -0.543. The maximum absolute atomic E-state index is 11.2. The number of carbonyl (C=O) groups is 2. The second-order valence-corrected chi connectivity index (χ2v) is 3.05. The summed E-state index contributed by atoms with van der Waals surface area (Å²) in [6, 6.07) is -0.543. The first-order valence-electron chi connectivity index (χ1n) is 4.26. The molecule has 0 aromatic carbocycles. The summed E-state index contributed by atoms with van der Waals surface area (Å²) in [6.07, 6.45) is 1.22. The molecule has 0 aromatic rings. The SMILES string of the molecule is CC(=O)NC(CCCNN)C(=O)NS. The molecule has 2 amide bonds. The van der Waals surface area contributed by atoms with Gasteiger partial charge in [-0.25, -0.2) is 0 Å². The Bertz CT molecular complexity index is 200.